The van der Waals surface area contributed by atoms with Gasteiger partial charge in [-0.2, -0.15) is 0 Å². The fourth-order valence-corrected chi connectivity index (χ4v) is 2.21. The van der Waals surface area contributed by atoms with Crippen molar-refractivity contribution in [1.29, 1.82) is 0 Å². The molecule has 2 rings (SSSR count). The molecule has 0 aliphatic carbocycles. The first-order chi connectivity index (χ1) is 8.08. The van der Waals surface area contributed by atoms with Gasteiger partial charge < -0.3 is 11.1 Å². The molecule has 0 radical (unpaired) electrons. The Morgan fingerprint density at radius 2 is 2.24 bits per heavy atom. The standard InChI is InChI=1S/C12H14FN3S/c1-7-5-11(10(14)6-9(7)13)16-8(2)12-15-3-4-17-12/h3-6,8,16H,14H2,1-2H3. The Labute approximate surface area is 103 Å². The van der Waals surface area contributed by atoms with Crippen LogP contribution in [0.2, 0.25) is 0 Å². The first-order valence-corrected chi connectivity index (χ1v) is 6.17. The molecule has 0 amide bonds. The Bertz CT molecular complexity index is 511. The molecule has 0 aliphatic rings. The van der Waals surface area contributed by atoms with Crippen LogP contribution >= 0.6 is 11.3 Å². The molecule has 17 heavy (non-hydrogen) atoms. The summed E-state index contributed by atoms with van der Waals surface area (Å²) in [7, 11) is 0. The average Bonchev–Trinajstić information content (AvgIpc) is 2.79. The highest BCUT2D eigenvalue weighted by atomic mass is 32.1. The molecule has 1 atom stereocenters. The monoisotopic (exact) mass is 251 g/mol. The van der Waals surface area contributed by atoms with Crippen LogP contribution in [0.5, 0.6) is 0 Å². The molecule has 0 spiro atoms. The number of halogens is 1. The van der Waals surface area contributed by atoms with Crippen molar-refractivity contribution in [3.63, 3.8) is 0 Å². The Hall–Kier alpha value is -1.62. The molecule has 0 fully saturated rings. The van der Waals surface area contributed by atoms with Crippen LogP contribution in [0, 0.1) is 12.7 Å². The molecule has 0 saturated heterocycles. The molecule has 1 aromatic carbocycles. The summed E-state index contributed by atoms with van der Waals surface area (Å²) in [5.74, 6) is -0.282. The summed E-state index contributed by atoms with van der Waals surface area (Å²) < 4.78 is 13.3. The van der Waals surface area contributed by atoms with Gasteiger partial charge in [0.25, 0.3) is 0 Å². The summed E-state index contributed by atoms with van der Waals surface area (Å²) in [5, 5.41) is 6.14. The van der Waals surface area contributed by atoms with E-state index in [-0.39, 0.29) is 11.9 Å². The molecule has 5 heteroatoms. The Kier molecular flexibility index (Phi) is 3.28. The van der Waals surface area contributed by atoms with Gasteiger partial charge in [0.1, 0.15) is 10.8 Å². The normalized spacial score (nSPS) is 12.4. The van der Waals surface area contributed by atoms with Crippen LogP contribution in [0.15, 0.2) is 23.7 Å². The van der Waals surface area contributed by atoms with E-state index in [4.69, 9.17) is 5.73 Å². The minimum atomic E-state index is -0.282. The largest absolute Gasteiger partial charge is 0.397 e. The number of nitrogens with zero attached hydrogens (tertiary/aromatic N) is 1. The first-order valence-electron chi connectivity index (χ1n) is 5.29. The molecule has 1 aromatic heterocycles. The Morgan fingerprint density at radius 3 is 2.88 bits per heavy atom. The topological polar surface area (TPSA) is 50.9 Å². The predicted octanol–water partition coefficient (Wildman–Crippen LogP) is 3.35. The molecule has 3 nitrogen and oxygen atoms in total. The van der Waals surface area contributed by atoms with E-state index in [9.17, 15) is 4.39 Å². The van der Waals surface area contributed by atoms with Gasteiger partial charge in [0.2, 0.25) is 0 Å². The maximum absolute atomic E-state index is 13.3. The zero-order chi connectivity index (χ0) is 12.4. The lowest BCUT2D eigenvalue weighted by molar-refractivity contribution is 0.619. The Morgan fingerprint density at radius 1 is 1.47 bits per heavy atom. The van der Waals surface area contributed by atoms with E-state index >= 15 is 0 Å². The molecular formula is C12H14FN3S. The van der Waals surface area contributed by atoms with Crippen molar-refractivity contribution in [3.8, 4) is 0 Å². The number of nitrogens with two attached hydrogens (primary N) is 1. The maximum atomic E-state index is 13.3. The number of rotatable bonds is 3. The van der Waals surface area contributed by atoms with Crippen molar-refractivity contribution < 1.29 is 4.39 Å². The number of hydrogen-bond donors (Lipinski definition) is 2. The second-order valence-electron chi connectivity index (χ2n) is 3.93. The summed E-state index contributed by atoms with van der Waals surface area (Å²) >= 11 is 1.57. The molecular weight excluding hydrogens is 237 g/mol. The van der Waals surface area contributed by atoms with E-state index in [2.05, 4.69) is 10.3 Å². The molecule has 90 valence electrons. The molecule has 3 N–H and O–H groups in total. The van der Waals surface area contributed by atoms with Gasteiger partial charge in [0.15, 0.2) is 0 Å². The third kappa shape index (κ3) is 2.55. The van der Waals surface area contributed by atoms with Crippen LogP contribution in [0.1, 0.15) is 23.5 Å². The van der Waals surface area contributed by atoms with Gasteiger partial charge in [-0.1, -0.05) is 0 Å². The summed E-state index contributed by atoms with van der Waals surface area (Å²) in [6.07, 6.45) is 1.76. The lowest BCUT2D eigenvalue weighted by Crippen LogP contribution is -2.08. The Balaban J connectivity index is 2.22. The average molecular weight is 251 g/mol. The van der Waals surface area contributed by atoms with Gasteiger partial charge in [-0.15, -0.1) is 11.3 Å². The van der Waals surface area contributed by atoms with Gasteiger partial charge in [-0.3, -0.25) is 0 Å². The van der Waals surface area contributed by atoms with Gasteiger partial charge in [0, 0.05) is 11.6 Å². The minimum Gasteiger partial charge on any atom is -0.397 e. The summed E-state index contributed by atoms with van der Waals surface area (Å²) in [6, 6.07) is 3.11. The third-order valence-corrected chi connectivity index (χ3v) is 3.48. The quantitative estimate of drug-likeness (QED) is 0.822. The van der Waals surface area contributed by atoms with E-state index in [0.29, 0.717) is 11.3 Å². The van der Waals surface area contributed by atoms with Gasteiger partial charge in [-0.05, 0) is 31.5 Å². The number of aryl methyl sites for hydroxylation is 1. The molecule has 0 aliphatic heterocycles. The van der Waals surface area contributed by atoms with E-state index in [1.54, 1.807) is 30.5 Å². The van der Waals surface area contributed by atoms with E-state index in [0.717, 1.165) is 10.7 Å². The highest BCUT2D eigenvalue weighted by molar-refractivity contribution is 7.09. The fraction of sp³-hybridized carbons (Fsp3) is 0.250. The van der Waals surface area contributed by atoms with Crippen LogP contribution in [-0.4, -0.2) is 4.98 Å². The molecule has 2 aromatic rings. The SMILES string of the molecule is Cc1cc(NC(C)c2nccs2)c(N)cc1F. The fourth-order valence-electron chi connectivity index (χ4n) is 1.57. The number of nitrogens with one attached hydrogen (secondary N) is 1. The van der Waals surface area contributed by atoms with Crippen LogP contribution in [0.25, 0.3) is 0 Å². The second kappa shape index (κ2) is 4.71. The van der Waals surface area contributed by atoms with Gasteiger partial charge in [-0.25, -0.2) is 9.37 Å². The number of anilines is 2. The highest BCUT2D eigenvalue weighted by Crippen LogP contribution is 2.27. The zero-order valence-corrected chi connectivity index (χ0v) is 10.5. The van der Waals surface area contributed by atoms with E-state index in [1.165, 1.54) is 6.07 Å². The van der Waals surface area contributed by atoms with E-state index < -0.39 is 0 Å². The molecule has 1 unspecified atom stereocenters. The highest BCUT2D eigenvalue weighted by Gasteiger charge is 2.11. The lowest BCUT2D eigenvalue weighted by atomic mass is 10.1. The maximum Gasteiger partial charge on any atom is 0.128 e. The smallest absolute Gasteiger partial charge is 0.128 e. The van der Waals surface area contributed by atoms with Crippen LogP contribution in [-0.2, 0) is 0 Å². The number of benzene rings is 1. The number of aromatic nitrogens is 1. The summed E-state index contributed by atoms with van der Waals surface area (Å²) in [5.41, 5.74) is 7.50. The van der Waals surface area contributed by atoms with E-state index in [1.807, 2.05) is 12.3 Å². The number of hydrogen-bond acceptors (Lipinski definition) is 4. The van der Waals surface area contributed by atoms with Crippen LogP contribution in [0.4, 0.5) is 15.8 Å². The van der Waals surface area contributed by atoms with Gasteiger partial charge >= 0.3 is 0 Å². The van der Waals surface area contributed by atoms with Crippen molar-refractivity contribution in [1.82, 2.24) is 4.98 Å². The number of nitrogen functional groups attached to an aromatic ring is 1. The first kappa shape index (κ1) is 11.9. The van der Waals surface area contributed by atoms with Crippen molar-refractivity contribution in [2.75, 3.05) is 11.1 Å². The van der Waals surface area contributed by atoms with Crippen molar-refractivity contribution in [3.05, 3.63) is 40.1 Å². The van der Waals surface area contributed by atoms with Crippen molar-refractivity contribution in [2.24, 2.45) is 0 Å². The second-order valence-corrected chi connectivity index (χ2v) is 4.85. The van der Waals surface area contributed by atoms with Crippen molar-refractivity contribution >= 4 is 22.7 Å². The predicted molar refractivity (Wildman–Crippen MR) is 69.7 cm³/mol. The number of thiazole rings is 1. The summed E-state index contributed by atoms with van der Waals surface area (Å²) in [4.78, 5) is 4.22. The molecule has 1 heterocycles. The molecule has 0 bridgehead atoms. The lowest BCUT2D eigenvalue weighted by Gasteiger charge is -2.15. The summed E-state index contributed by atoms with van der Waals surface area (Å²) in [6.45, 7) is 3.71. The van der Waals surface area contributed by atoms with Crippen LogP contribution < -0.4 is 11.1 Å². The molecule has 0 saturated carbocycles. The zero-order valence-electron chi connectivity index (χ0n) is 9.70. The third-order valence-electron chi connectivity index (χ3n) is 2.52. The minimum absolute atomic E-state index is 0.0576. The van der Waals surface area contributed by atoms with Crippen LogP contribution in [0.3, 0.4) is 0 Å². The van der Waals surface area contributed by atoms with Gasteiger partial charge in [0.05, 0.1) is 17.4 Å². The van der Waals surface area contributed by atoms with Crippen molar-refractivity contribution in [2.45, 2.75) is 19.9 Å².